The molecule has 1 aliphatic heterocycles. The number of hydrogen-bond acceptors (Lipinski definition) is 3. The number of pyridine rings is 1. The summed E-state index contributed by atoms with van der Waals surface area (Å²) in [5, 5.41) is 0. The average molecular weight is 258 g/mol. The van der Waals surface area contributed by atoms with Crippen molar-refractivity contribution in [2.45, 2.75) is 32.9 Å². The number of aromatic nitrogens is 2. The van der Waals surface area contributed by atoms with E-state index >= 15 is 0 Å². The third kappa shape index (κ3) is 2.51. The Kier molecular flexibility index (Phi) is 3.29. The molecule has 0 aliphatic carbocycles. The van der Waals surface area contributed by atoms with Gasteiger partial charge in [0.05, 0.1) is 5.69 Å². The molecule has 0 saturated carbocycles. The van der Waals surface area contributed by atoms with Gasteiger partial charge in [0, 0.05) is 31.5 Å². The monoisotopic (exact) mass is 258 g/mol. The predicted molar refractivity (Wildman–Crippen MR) is 77.0 cm³/mol. The van der Waals surface area contributed by atoms with Crippen LogP contribution in [0.2, 0.25) is 0 Å². The summed E-state index contributed by atoms with van der Waals surface area (Å²) in [6, 6.07) is 4.80. The van der Waals surface area contributed by atoms with Crippen molar-refractivity contribution in [1.82, 2.24) is 14.3 Å². The quantitative estimate of drug-likeness (QED) is 0.913. The zero-order valence-corrected chi connectivity index (χ0v) is 11.7. The largest absolute Gasteiger partial charge is 0.330 e. The van der Waals surface area contributed by atoms with E-state index in [1.165, 1.54) is 12.0 Å². The lowest BCUT2D eigenvalue weighted by Gasteiger charge is -2.19. The fourth-order valence-corrected chi connectivity index (χ4v) is 3.05. The number of hydrogen-bond donors (Lipinski definition) is 1. The second-order valence-corrected chi connectivity index (χ2v) is 5.82. The minimum atomic E-state index is 0.611. The Bertz CT molecular complexity index is 575. The molecule has 4 heteroatoms. The first-order valence-electron chi connectivity index (χ1n) is 7.04. The molecular weight excluding hydrogens is 236 g/mol. The smallest absolute Gasteiger partial charge is 0.137 e. The molecule has 0 spiro atoms. The van der Waals surface area contributed by atoms with Gasteiger partial charge in [-0.1, -0.05) is 6.07 Å². The van der Waals surface area contributed by atoms with Crippen molar-refractivity contribution in [3.8, 4) is 0 Å². The van der Waals surface area contributed by atoms with Crippen molar-refractivity contribution in [2.75, 3.05) is 13.1 Å². The topological polar surface area (TPSA) is 46.6 Å². The van der Waals surface area contributed by atoms with Crippen LogP contribution >= 0.6 is 0 Å². The SMILES string of the molecule is Cc1ccc2nc(CN3CC(CN)CC3C)cn2c1. The van der Waals surface area contributed by atoms with Gasteiger partial charge in [-0.15, -0.1) is 0 Å². The number of nitrogens with two attached hydrogens (primary N) is 1. The van der Waals surface area contributed by atoms with E-state index in [1.54, 1.807) is 0 Å². The molecule has 102 valence electrons. The van der Waals surface area contributed by atoms with E-state index in [9.17, 15) is 0 Å². The van der Waals surface area contributed by atoms with Crippen LogP contribution in [0.1, 0.15) is 24.6 Å². The lowest BCUT2D eigenvalue weighted by molar-refractivity contribution is 0.253. The first-order chi connectivity index (χ1) is 9.15. The van der Waals surface area contributed by atoms with Gasteiger partial charge in [0.1, 0.15) is 5.65 Å². The molecule has 1 saturated heterocycles. The molecule has 3 heterocycles. The molecule has 19 heavy (non-hydrogen) atoms. The van der Waals surface area contributed by atoms with Gasteiger partial charge in [-0.25, -0.2) is 4.98 Å². The molecule has 4 nitrogen and oxygen atoms in total. The van der Waals surface area contributed by atoms with E-state index in [0.717, 1.165) is 31.0 Å². The number of fused-ring (bicyclic) bond motifs is 1. The maximum Gasteiger partial charge on any atom is 0.137 e. The van der Waals surface area contributed by atoms with Crippen LogP contribution in [0.15, 0.2) is 24.5 Å². The Balaban J connectivity index is 1.78. The highest BCUT2D eigenvalue weighted by molar-refractivity contribution is 5.41. The minimum absolute atomic E-state index is 0.611. The van der Waals surface area contributed by atoms with Gasteiger partial charge in [0.2, 0.25) is 0 Å². The lowest BCUT2D eigenvalue weighted by atomic mass is 10.1. The highest BCUT2D eigenvalue weighted by atomic mass is 15.2. The predicted octanol–water partition coefficient (Wildman–Crippen LogP) is 1.81. The van der Waals surface area contributed by atoms with E-state index in [-0.39, 0.29) is 0 Å². The van der Waals surface area contributed by atoms with Crippen LogP contribution in [0, 0.1) is 12.8 Å². The highest BCUT2D eigenvalue weighted by Gasteiger charge is 2.28. The Morgan fingerprint density at radius 1 is 1.37 bits per heavy atom. The molecule has 2 atom stereocenters. The Hall–Kier alpha value is -1.39. The number of nitrogens with zero attached hydrogens (tertiary/aromatic N) is 3. The first kappa shape index (κ1) is 12.6. The molecule has 0 radical (unpaired) electrons. The second-order valence-electron chi connectivity index (χ2n) is 5.82. The van der Waals surface area contributed by atoms with E-state index in [2.05, 4.69) is 47.7 Å². The maximum absolute atomic E-state index is 5.78. The Morgan fingerprint density at radius 2 is 2.21 bits per heavy atom. The van der Waals surface area contributed by atoms with Gasteiger partial charge < -0.3 is 10.1 Å². The summed E-state index contributed by atoms with van der Waals surface area (Å²) in [7, 11) is 0. The number of rotatable bonds is 3. The lowest BCUT2D eigenvalue weighted by Crippen LogP contribution is -2.27. The minimum Gasteiger partial charge on any atom is -0.330 e. The van der Waals surface area contributed by atoms with Gasteiger partial charge >= 0.3 is 0 Å². The second kappa shape index (κ2) is 4.94. The first-order valence-corrected chi connectivity index (χ1v) is 7.04. The van der Waals surface area contributed by atoms with Crippen LogP contribution < -0.4 is 5.73 Å². The Morgan fingerprint density at radius 3 is 2.95 bits per heavy atom. The normalized spacial score (nSPS) is 24.4. The van der Waals surface area contributed by atoms with Gasteiger partial charge in [-0.3, -0.25) is 4.90 Å². The van der Waals surface area contributed by atoms with Crippen molar-refractivity contribution in [3.63, 3.8) is 0 Å². The standard InChI is InChI=1S/C15H22N4/c1-11-3-4-15-17-14(10-19(15)7-11)9-18-8-13(6-16)5-12(18)2/h3-4,7,10,12-13H,5-6,8-9,16H2,1-2H3. The molecular formula is C15H22N4. The van der Waals surface area contributed by atoms with Crippen molar-refractivity contribution in [1.29, 1.82) is 0 Å². The van der Waals surface area contributed by atoms with Gasteiger partial charge in [0.15, 0.2) is 0 Å². The zero-order chi connectivity index (χ0) is 13.4. The summed E-state index contributed by atoms with van der Waals surface area (Å²) in [6.07, 6.45) is 5.48. The van der Waals surface area contributed by atoms with Crippen molar-refractivity contribution >= 4 is 5.65 Å². The van der Waals surface area contributed by atoms with Crippen LogP contribution in [-0.2, 0) is 6.54 Å². The van der Waals surface area contributed by atoms with Crippen LogP contribution in [0.5, 0.6) is 0 Å². The van der Waals surface area contributed by atoms with E-state index in [1.807, 2.05) is 0 Å². The van der Waals surface area contributed by atoms with Gasteiger partial charge in [0.25, 0.3) is 0 Å². The maximum atomic E-state index is 5.78. The fraction of sp³-hybridized carbons (Fsp3) is 0.533. The number of likely N-dealkylation sites (tertiary alicyclic amines) is 1. The molecule has 2 N–H and O–H groups in total. The van der Waals surface area contributed by atoms with Crippen LogP contribution in [0.3, 0.4) is 0 Å². The summed E-state index contributed by atoms with van der Waals surface area (Å²) >= 11 is 0. The average Bonchev–Trinajstić information content (AvgIpc) is 2.93. The summed E-state index contributed by atoms with van der Waals surface area (Å²) in [5.74, 6) is 0.647. The van der Waals surface area contributed by atoms with Crippen LogP contribution in [0.4, 0.5) is 0 Å². The van der Waals surface area contributed by atoms with Crippen molar-refractivity contribution < 1.29 is 0 Å². The molecule has 0 amide bonds. The van der Waals surface area contributed by atoms with Crippen LogP contribution in [0.25, 0.3) is 5.65 Å². The molecule has 0 aromatic carbocycles. The molecule has 1 aliphatic rings. The molecule has 2 aromatic heterocycles. The van der Waals surface area contributed by atoms with Crippen LogP contribution in [-0.4, -0.2) is 33.4 Å². The highest BCUT2D eigenvalue weighted by Crippen LogP contribution is 2.24. The molecule has 1 fully saturated rings. The molecule has 2 unspecified atom stereocenters. The Labute approximate surface area is 114 Å². The summed E-state index contributed by atoms with van der Waals surface area (Å²) < 4.78 is 2.12. The zero-order valence-electron chi connectivity index (χ0n) is 11.7. The molecule has 2 aromatic rings. The van der Waals surface area contributed by atoms with Gasteiger partial charge in [-0.2, -0.15) is 0 Å². The summed E-state index contributed by atoms with van der Waals surface area (Å²) in [5.41, 5.74) is 9.22. The van der Waals surface area contributed by atoms with Gasteiger partial charge in [-0.05, 0) is 44.4 Å². The molecule has 3 rings (SSSR count). The summed E-state index contributed by atoms with van der Waals surface area (Å²) in [6.45, 7) is 7.22. The van der Waals surface area contributed by atoms with Crippen molar-refractivity contribution in [2.24, 2.45) is 11.7 Å². The summed E-state index contributed by atoms with van der Waals surface area (Å²) in [4.78, 5) is 7.18. The number of imidazole rings is 1. The number of aryl methyl sites for hydroxylation is 1. The third-order valence-electron chi connectivity index (χ3n) is 4.14. The fourth-order valence-electron chi connectivity index (χ4n) is 3.05. The van der Waals surface area contributed by atoms with Crippen molar-refractivity contribution in [3.05, 3.63) is 35.8 Å². The third-order valence-corrected chi connectivity index (χ3v) is 4.14. The molecule has 0 bridgehead atoms. The van der Waals surface area contributed by atoms with E-state index in [0.29, 0.717) is 12.0 Å². The van der Waals surface area contributed by atoms with E-state index < -0.39 is 0 Å². The van der Waals surface area contributed by atoms with E-state index in [4.69, 9.17) is 10.7 Å².